The number of amides is 1. The van der Waals surface area contributed by atoms with Crippen molar-refractivity contribution in [2.75, 3.05) is 5.32 Å². The maximum Gasteiger partial charge on any atom is 0.416 e. The minimum Gasteiger partial charge on any atom is -0.351 e. The summed E-state index contributed by atoms with van der Waals surface area (Å²) in [5.74, 6) is -1.36. The van der Waals surface area contributed by atoms with E-state index in [1.165, 1.54) is 13.0 Å². The van der Waals surface area contributed by atoms with Crippen LogP contribution in [0.5, 0.6) is 0 Å². The first kappa shape index (κ1) is 16.8. The Morgan fingerprint density at radius 1 is 1.00 bits per heavy atom. The van der Waals surface area contributed by atoms with Gasteiger partial charge in [-0.2, -0.15) is 26.3 Å². The Labute approximate surface area is 125 Å². The first-order valence-corrected chi connectivity index (χ1v) is 6.01. The van der Waals surface area contributed by atoms with E-state index in [9.17, 15) is 31.1 Å². The van der Waals surface area contributed by atoms with Gasteiger partial charge in [-0.05, 0) is 25.1 Å². The summed E-state index contributed by atoms with van der Waals surface area (Å²) in [7, 11) is 0. The first-order valence-electron chi connectivity index (χ1n) is 6.01. The van der Waals surface area contributed by atoms with E-state index in [1.807, 2.05) is 5.32 Å². The number of aromatic nitrogens is 1. The molecule has 124 valence electrons. The predicted octanol–water partition coefficient (Wildman–Crippen LogP) is 4.27. The van der Waals surface area contributed by atoms with Crippen molar-refractivity contribution in [2.45, 2.75) is 19.3 Å². The molecule has 1 aromatic carbocycles. The van der Waals surface area contributed by atoms with Crippen LogP contribution in [0.25, 0.3) is 0 Å². The molecule has 23 heavy (non-hydrogen) atoms. The Hall–Kier alpha value is -2.52. The Morgan fingerprint density at radius 2 is 1.52 bits per heavy atom. The highest BCUT2D eigenvalue weighted by atomic mass is 19.4. The quantitative estimate of drug-likeness (QED) is 0.832. The van der Waals surface area contributed by atoms with E-state index in [-0.39, 0.29) is 11.8 Å². The van der Waals surface area contributed by atoms with Gasteiger partial charge in [-0.25, -0.2) is 0 Å². The standard InChI is InChI=1S/C13H8F6N2O2/c1-6-2-10(23-21-6)11(22)20-9-4-7(12(14,15)16)3-8(5-9)13(17,18)19/h2-5H,1H3,(H,20,22). The normalized spacial score (nSPS) is 12.3. The zero-order valence-corrected chi connectivity index (χ0v) is 11.3. The van der Waals surface area contributed by atoms with Crippen molar-refractivity contribution in [2.24, 2.45) is 0 Å². The SMILES string of the molecule is Cc1cc(C(=O)Nc2cc(C(F)(F)F)cc(C(F)(F)F)c2)on1. The smallest absolute Gasteiger partial charge is 0.351 e. The van der Waals surface area contributed by atoms with E-state index in [4.69, 9.17) is 0 Å². The molecule has 0 aliphatic carbocycles. The van der Waals surface area contributed by atoms with Crippen LogP contribution in [0.1, 0.15) is 27.4 Å². The monoisotopic (exact) mass is 338 g/mol. The van der Waals surface area contributed by atoms with Crippen molar-refractivity contribution in [3.8, 4) is 0 Å². The number of hydrogen-bond acceptors (Lipinski definition) is 3. The minimum atomic E-state index is -5.00. The van der Waals surface area contributed by atoms with Gasteiger partial charge in [0.05, 0.1) is 16.8 Å². The molecule has 2 aromatic rings. The lowest BCUT2D eigenvalue weighted by Crippen LogP contribution is -2.15. The fraction of sp³-hybridized carbons (Fsp3) is 0.231. The highest BCUT2D eigenvalue weighted by molar-refractivity contribution is 6.02. The highest BCUT2D eigenvalue weighted by Crippen LogP contribution is 2.37. The summed E-state index contributed by atoms with van der Waals surface area (Å²) < 4.78 is 80.7. The number of carbonyl (C=O) groups is 1. The Balaban J connectivity index is 2.39. The highest BCUT2D eigenvalue weighted by Gasteiger charge is 2.37. The molecule has 2 rings (SSSR count). The Morgan fingerprint density at radius 3 is 1.91 bits per heavy atom. The van der Waals surface area contributed by atoms with E-state index in [1.54, 1.807) is 0 Å². The molecule has 0 radical (unpaired) electrons. The molecule has 4 nitrogen and oxygen atoms in total. The number of nitrogens with zero attached hydrogens (tertiary/aromatic N) is 1. The zero-order chi connectivity index (χ0) is 17.4. The largest absolute Gasteiger partial charge is 0.416 e. The molecule has 0 saturated carbocycles. The third-order valence-electron chi connectivity index (χ3n) is 2.70. The predicted molar refractivity (Wildman–Crippen MR) is 65.6 cm³/mol. The summed E-state index contributed by atoms with van der Waals surface area (Å²) >= 11 is 0. The molecule has 0 unspecified atom stereocenters. The van der Waals surface area contributed by atoms with Gasteiger partial charge >= 0.3 is 12.4 Å². The second-order valence-corrected chi connectivity index (χ2v) is 4.58. The van der Waals surface area contributed by atoms with E-state index in [2.05, 4.69) is 9.68 Å². The number of halogens is 6. The Bertz CT molecular complexity index is 701. The molecule has 0 saturated heterocycles. The maximum absolute atomic E-state index is 12.7. The van der Waals surface area contributed by atoms with Gasteiger partial charge < -0.3 is 9.84 Å². The van der Waals surface area contributed by atoms with Crippen molar-refractivity contribution < 1.29 is 35.7 Å². The van der Waals surface area contributed by atoms with Crippen molar-refractivity contribution in [1.82, 2.24) is 5.16 Å². The number of benzene rings is 1. The first-order chi connectivity index (χ1) is 10.5. The molecule has 0 spiro atoms. The minimum absolute atomic E-state index is 0.0335. The van der Waals surface area contributed by atoms with Crippen LogP contribution >= 0.6 is 0 Å². The van der Waals surface area contributed by atoms with Gasteiger partial charge in [0.2, 0.25) is 5.76 Å². The van der Waals surface area contributed by atoms with Gasteiger partial charge in [-0.15, -0.1) is 0 Å². The summed E-state index contributed by atoms with van der Waals surface area (Å²) in [6.07, 6.45) is -9.99. The third-order valence-corrected chi connectivity index (χ3v) is 2.70. The van der Waals surface area contributed by atoms with E-state index < -0.39 is 35.1 Å². The average molecular weight is 338 g/mol. The molecule has 0 fully saturated rings. The second kappa shape index (κ2) is 5.60. The summed E-state index contributed by atoms with van der Waals surface area (Å²) in [5, 5.41) is 5.32. The molecule has 1 amide bonds. The van der Waals surface area contributed by atoms with Crippen LogP contribution in [0, 0.1) is 6.92 Å². The lowest BCUT2D eigenvalue weighted by atomic mass is 10.1. The van der Waals surface area contributed by atoms with Gasteiger partial charge in [0.15, 0.2) is 0 Å². The fourth-order valence-electron chi connectivity index (χ4n) is 1.69. The second-order valence-electron chi connectivity index (χ2n) is 4.58. The third kappa shape index (κ3) is 4.02. The Kier molecular flexibility index (Phi) is 4.10. The van der Waals surface area contributed by atoms with Crippen LogP contribution in [0.4, 0.5) is 32.0 Å². The van der Waals surface area contributed by atoms with Crippen molar-refractivity contribution >= 4 is 11.6 Å². The molecule has 1 heterocycles. The van der Waals surface area contributed by atoms with E-state index in [0.717, 1.165) is 0 Å². The van der Waals surface area contributed by atoms with Gasteiger partial charge in [-0.3, -0.25) is 4.79 Å². The van der Waals surface area contributed by atoms with Crippen LogP contribution in [0.15, 0.2) is 28.8 Å². The number of anilines is 1. The van der Waals surface area contributed by atoms with Gasteiger partial charge in [0.25, 0.3) is 5.91 Å². The fourth-order valence-corrected chi connectivity index (χ4v) is 1.69. The van der Waals surface area contributed by atoms with Gasteiger partial charge in [-0.1, -0.05) is 5.16 Å². The number of rotatable bonds is 2. The molecular weight excluding hydrogens is 330 g/mol. The molecule has 0 bridgehead atoms. The van der Waals surface area contributed by atoms with E-state index in [0.29, 0.717) is 17.8 Å². The average Bonchev–Trinajstić information content (AvgIpc) is 2.83. The molecule has 0 aliphatic rings. The summed E-state index contributed by atoms with van der Waals surface area (Å²) in [5.41, 5.74) is -3.39. The topological polar surface area (TPSA) is 55.1 Å². The van der Waals surface area contributed by atoms with Crippen LogP contribution < -0.4 is 5.32 Å². The van der Waals surface area contributed by atoms with Crippen LogP contribution in [0.2, 0.25) is 0 Å². The number of hydrogen-bond donors (Lipinski definition) is 1. The lowest BCUT2D eigenvalue weighted by molar-refractivity contribution is -0.143. The van der Waals surface area contributed by atoms with Crippen molar-refractivity contribution in [1.29, 1.82) is 0 Å². The number of carbonyl (C=O) groups excluding carboxylic acids is 1. The van der Waals surface area contributed by atoms with Crippen molar-refractivity contribution in [3.05, 3.63) is 46.8 Å². The summed E-state index contributed by atoms with van der Waals surface area (Å²) in [4.78, 5) is 11.7. The summed E-state index contributed by atoms with van der Waals surface area (Å²) in [6.45, 7) is 1.49. The van der Waals surface area contributed by atoms with E-state index >= 15 is 0 Å². The van der Waals surface area contributed by atoms with Gasteiger partial charge in [0.1, 0.15) is 0 Å². The molecular formula is C13H8F6N2O2. The molecule has 0 aliphatic heterocycles. The van der Waals surface area contributed by atoms with Gasteiger partial charge in [0, 0.05) is 11.8 Å². The maximum atomic E-state index is 12.7. The number of nitrogens with one attached hydrogen (secondary N) is 1. The summed E-state index contributed by atoms with van der Waals surface area (Å²) in [6, 6.07) is 1.95. The molecule has 0 atom stereocenters. The number of alkyl halides is 6. The van der Waals surface area contributed by atoms with Crippen LogP contribution in [-0.2, 0) is 12.4 Å². The van der Waals surface area contributed by atoms with Crippen molar-refractivity contribution in [3.63, 3.8) is 0 Å². The van der Waals surface area contributed by atoms with Crippen LogP contribution in [-0.4, -0.2) is 11.1 Å². The molecule has 10 heteroatoms. The lowest BCUT2D eigenvalue weighted by Gasteiger charge is -2.14. The van der Waals surface area contributed by atoms with Crippen LogP contribution in [0.3, 0.4) is 0 Å². The molecule has 1 N–H and O–H groups in total. The molecule has 1 aromatic heterocycles. The number of aryl methyl sites for hydroxylation is 1. The zero-order valence-electron chi connectivity index (χ0n) is 11.3.